The van der Waals surface area contributed by atoms with Gasteiger partial charge in [0.25, 0.3) is 5.91 Å². The third kappa shape index (κ3) is 6.04. The number of carbonyl (C=O) groups is 2. The number of benzene rings is 1. The summed E-state index contributed by atoms with van der Waals surface area (Å²) in [6.45, 7) is 6.12. The predicted octanol–water partition coefficient (Wildman–Crippen LogP) is 1.91. The molecule has 1 aliphatic rings. The summed E-state index contributed by atoms with van der Waals surface area (Å²) >= 11 is 0. The molecule has 0 saturated heterocycles. The van der Waals surface area contributed by atoms with E-state index >= 15 is 0 Å². The number of amides is 2. The van der Waals surface area contributed by atoms with E-state index in [0.29, 0.717) is 17.9 Å². The Morgan fingerprint density at radius 3 is 2.62 bits per heavy atom. The number of carbonyl (C=O) groups excluding carboxylic acids is 2. The molecule has 26 heavy (non-hydrogen) atoms. The number of para-hydroxylation sites is 1. The predicted molar refractivity (Wildman–Crippen MR) is 105 cm³/mol. The first kappa shape index (κ1) is 22.0. The summed E-state index contributed by atoms with van der Waals surface area (Å²) in [5, 5.41) is 9.01. The van der Waals surface area contributed by atoms with Gasteiger partial charge in [-0.2, -0.15) is 0 Å². The first-order valence-corrected chi connectivity index (χ1v) is 8.63. The van der Waals surface area contributed by atoms with E-state index in [0.717, 1.165) is 19.5 Å². The van der Waals surface area contributed by atoms with Gasteiger partial charge in [-0.3, -0.25) is 9.59 Å². The van der Waals surface area contributed by atoms with Crippen LogP contribution >= 0.6 is 12.4 Å². The average molecular weight is 382 g/mol. The number of hydrogen-bond donors (Lipinski definition) is 3. The first-order chi connectivity index (χ1) is 12.0. The topological polar surface area (TPSA) is 79.5 Å². The van der Waals surface area contributed by atoms with Gasteiger partial charge in [0.1, 0.15) is 11.8 Å². The molecule has 3 N–H and O–H groups in total. The zero-order valence-electron chi connectivity index (χ0n) is 15.5. The van der Waals surface area contributed by atoms with Crippen molar-refractivity contribution in [1.29, 1.82) is 0 Å². The van der Waals surface area contributed by atoms with Crippen LogP contribution in [0.5, 0.6) is 5.75 Å². The number of hydrogen-bond acceptors (Lipinski definition) is 4. The zero-order chi connectivity index (χ0) is 18.2. The standard InChI is InChI=1S/C19H27N3O3.ClH/c1-13(2)17(19(24)21-12-14-8-10-20-11-9-14)22-18(23)15-6-4-5-7-16(15)25-3;/h4-8,13,17,20H,9-12H2,1-3H3,(H,21,24)(H,22,23);1H. The summed E-state index contributed by atoms with van der Waals surface area (Å²) in [7, 11) is 1.52. The summed E-state index contributed by atoms with van der Waals surface area (Å²) in [6, 6.07) is 6.38. The van der Waals surface area contributed by atoms with Crippen LogP contribution < -0.4 is 20.7 Å². The molecular formula is C19H28ClN3O3. The Labute approximate surface area is 161 Å². The Kier molecular flexibility index (Phi) is 9.16. The fraction of sp³-hybridized carbons (Fsp3) is 0.474. The minimum absolute atomic E-state index is 0. The highest BCUT2D eigenvalue weighted by Gasteiger charge is 2.25. The molecule has 0 aliphatic carbocycles. The van der Waals surface area contributed by atoms with Crippen LogP contribution in [0.15, 0.2) is 35.9 Å². The molecule has 1 aliphatic heterocycles. The summed E-state index contributed by atoms with van der Waals surface area (Å²) in [5.41, 5.74) is 1.63. The van der Waals surface area contributed by atoms with Crippen molar-refractivity contribution in [2.45, 2.75) is 26.3 Å². The molecule has 2 rings (SSSR count). The van der Waals surface area contributed by atoms with Gasteiger partial charge in [-0.05, 0) is 31.0 Å². The fourth-order valence-corrected chi connectivity index (χ4v) is 2.73. The second-order valence-electron chi connectivity index (χ2n) is 6.43. The molecule has 1 aromatic rings. The van der Waals surface area contributed by atoms with Crippen LogP contribution in [-0.2, 0) is 4.79 Å². The van der Waals surface area contributed by atoms with Crippen molar-refractivity contribution in [2.75, 3.05) is 26.7 Å². The molecule has 144 valence electrons. The maximum absolute atomic E-state index is 12.6. The molecule has 0 spiro atoms. The van der Waals surface area contributed by atoms with Crippen molar-refractivity contribution in [1.82, 2.24) is 16.0 Å². The van der Waals surface area contributed by atoms with Gasteiger partial charge < -0.3 is 20.7 Å². The number of ether oxygens (including phenoxy) is 1. The largest absolute Gasteiger partial charge is 0.496 e. The van der Waals surface area contributed by atoms with E-state index in [1.165, 1.54) is 12.7 Å². The van der Waals surface area contributed by atoms with Gasteiger partial charge >= 0.3 is 0 Å². The third-order valence-corrected chi connectivity index (χ3v) is 4.23. The highest BCUT2D eigenvalue weighted by Crippen LogP contribution is 2.17. The maximum atomic E-state index is 12.6. The van der Waals surface area contributed by atoms with Crippen molar-refractivity contribution in [2.24, 2.45) is 5.92 Å². The van der Waals surface area contributed by atoms with Crippen LogP contribution in [0.25, 0.3) is 0 Å². The molecule has 2 amide bonds. The Balaban J connectivity index is 0.00000338. The smallest absolute Gasteiger partial charge is 0.255 e. The monoisotopic (exact) mass is 381 g/mol. The molecule has 1 atom stereocenters. The Morgan fingerprint density at radius 2 is 2.00 bits per heavy atom. The van der Waals surface area contributed by atoms with Gasteiger partial charge in [0.15, 0.2) is 0 Å². The number of rotatable bonds is 7. The molecule has 1 aromatic carbocycles. The second kappa shape index (κ2) is 10.8. The summed E-state index contributed by atoms with van der Waals surface area (Å²) in [4.78, 5) is 25.1. The molecule has 0 bridgehead atoms. The zero-order valence-corrected chi connectivity index (χ0v) is 16.3. The second-order valence-corrected chi connectivity index (χ2v) is 6.43. The van der Waals surface area contributed by atoms with Crippen molar-refractivity contribution in [3.8, 4) is 5.75 Å². The van der Waals surface area contributed by atoms with Crippen LogP contribution in [0, 0.1) is 5.92 Å². The van der Waals surface area contributed by atoms with Gasteiger partial charge in [-0.15, -0.1) is 12.4 Å². The van der Waals surface area contributed by atoms with Crippen LogP contribution in [0.4, 0.5) is 0 Å². The van der Waals surface area contributed by atoms with Crippen molar-refractivity contribution < 1.29 is 14.3 Å². The maximum Gasteiger partial charge on any atom is 0.255 e. The van der Waals surface area contributed by atoms with E-state index in [9.17, 15) is 9.59 Å². The highest BCUT2D eigenvalue weighted by molar-refractivity contribution is 5.99. The van der Waals surface area contributed by atoms with Crippen LogP contribution in [0.1, 0.15) is 30.6 Å². The fourth-order valence-electron chi connectivity index (χ4n) is 2.73. The molecule has 1 heterocycles. The van der Waals surface area contributed by atoms with E-state index in [2.05, 4.69) is 22.0 Å². The van der Waals surface area contributed by atoms with Crippen LogP contribution in [0.2, 0.25) is 0 Å². The Bertz CT molecular complexity index is 647. The minimum atomic E-state index is -0.597. The first-order valence-electron chi connectivity index (χ1n) is 8.63. The summed E-state index contributed by atoms with van der Waals surface area (Å²) in [5.74, 6) is -0.0199. The molecule has 0 aromatic heterocycles. The number of halogens is 1. The SMILES string of the molecule is COc1ccccc1C(=O)NC(C(=O)NCC1=CCNCC1)C(C)C.Cl. The van der Waals surface area contributed by atoms with Crippen molar-refractivity contribution in [3.05, 3.63) is 41.5 Å². The Morgan fingerprint density at radius 1 is 1.27 bits per heavy atom. The van der Waals surface area contributed by atoms with Gasteiger partial charge in [0, 0.05) is 13.1 Å². The molecular weight excluding hydrogens is 354 g/mol. The van der Waals surface area contributed by atoms with Crippen LogP contribution in [-0.4, -0.2) is 44.6 Å². The number of nitrogens with one attached hydrogen (secondary N) is 3. The van der Waals surface area contributed by atoms with Gasteiger partial charge in [0.05, 0.1) is 12.7 Å². The third-order valence-electron chi connectivity index (χ3n) is 4.23. The van der Waals surface area contributed by atoms with Gasteiger partial charge in [0.2, 0.25) is 5.91 Å². The van der Waals surface area contributed by atoms with Crippen LogP contribution in [0.3, 0.4) is 0 Å². The molecule has 1 unspecified atom stereocenters. The molecule has 0 radical (unpaired) electrons. The lowest BCUT2D eigenvalue weighted by molar-refractivity contribution is -0.123. The highest BCUT2D eigenvalue weighted by atomic mass is 35.5. The molecule has 6 nitrogen and oxygen atoms in total. The molecule has 0 saturated carbocycles. The number of methoxy groups -OCH3 is 1. The summed E-state index contributed by atoms with van der Waals surface area (Å²) < 4.78 is 5.22. The van der Waals surface area contributed by atoms with E-state index in [1.807, 2.05) is 13.8 Å². The van der Waals surface area contributed by atoms with E-state index in [4.69, 9.17) is 4.74 Å². The van der Waals surface area contributed by atoms with E-state index < -0.39 is 6.04 Å². The van der Waals surface area contributed by atoms with E-state index in [1.54, 1.807) is 24.3 Å². The van der Waals surface area contributed by atoms with Gasteiger partial charge in [-0.25, -0.2) is 0 Å². The summed E-state index contributed by atoms with van der Waals surface area (Å²) in [6.07, 6.45) is 3.03. The molecule has 0 fully saturated rings. The normalized spacial score (nSPS) is 14.7. The lowest BCUT2D eigenvalue weighted by Gasteiger charge is -2.23. The Hall–Kier alpha value is -2.05. The minimum Gasteiger partial charge on any atom is -0.496 e. The van der Waals surface area contributed by atoms with Gasteiger partial charge in [-0.1, -0.05) is 37.6 Å². The van der Waals surface area contributed by atoms with Crippen molar-refractivity contribution >= 4 is 24.2 Å². The quantitative estimate of drug-likeness (QED) is 0.630. The van der Waals surface area contributed by atoms with Crippen molar-refractivity contribution in [3.63, 3.8) is 0 Å². The van der Waals surface area contributed by atoms with E-state index in [-0.39, 0.29) is 30.1 Å². The molecule has 7 heteroatoms. The average Bonchev–Trinajstić information content (AvgIpc) is 2.64. The lowest BCUT2D eigenvalue weighted by Crippen LogP contribution is -2.50. The lowest BCUT2D eigenvalue weighted by atomic mass is 10.0.